The van der Waals surface area contributed by atoms with Gasteiger partial charge < -0.3 is 24.8 Å². The number of rotatable bonds is 10. The summed E-state index contributed by atoms with van der Waals surface area (Å²) in [6.45, 7) is 4.98. The van der Waals surface area contributed by atoms with E-state index in [2.05, 4.69) is 22.8 Å². The molecule has 0 spiro atoms. The van der Waals surface area contributed by atoms with Crippen LogP contribution < -0.4 is 20.1 Å². The van der Waals surface area contributed by atoms with Crippen molar-refractivity contribution in [2.24, 2.45) is 0 Å². The van der Waals surface area contributed by atoms with E-state index in [1.165, 1.54) is 12.5 Å². The fourth-order valence-corrected chi connectivity index (χ4v) is 3.81. The molecule has 1 aliphatic rings. The third kappa shape index (κ3) is 6.47. The van der Waals surface area contributed by atoms with Crippen molar-refractivity contribution in [2.75, 3.05) is 40.0 Å². The van der Waals surface area contributed by atoms with E-state index in [1.807, 2.05) is 36.4 Å². The van der Waals surface area contributed by atoms with Crippen LogP contribution in [0.15, 0.2) is 48.5 Å². The summed E-state index contributed by atoms with van der Waals surface area (Å²) in [5, 5.41) is 6.26. The first-order valence-electron chi connectivity index (χ1n) is 10.6. The summed E-state index contributed by atoms with van der Waals surface area (Å²) in [7, 11) is 1.68. The molecule has 0 aromatic heterocycles. The molecule has 2 unspecified atom stereocenters. The third-order valence-corrected chi connectivity index (χ3v) is 5.38. The summed E-state index contributed by atoms with van der Waals surface area (Å²) in [5.74, 6) is 2.06. The molecular weight excluding hydrogens is 380 g/mol. The molecule has 2 atom stereocenters. The molecule has 3 rings (SSSR count). The molecular formula is C24H32N2O4. The second-order valence-electron chi connectivity index (χ2n) is 7.47. The van der Waals surface area contributed by atoms with Gasteiger partial charge in [-0.05, 0) is 48.7 Å². The Morgan fingerprint density at radius 3 is 2.70 bits per heavy atom. The number of hydrogen-bond donors (Lipinski definition) is 2. The topological polar surface area (TPSA) is 68.8 Å². The maximum Gasteiger partial charge on any atom is 0.216 e. The summed E-state index contributed by atoms with van der Waals surface area (Å²) in [5.41, 5.74) is 2.37. The normalized spacial score (nSPS) is 18.6. The molecule has 0 aliphatic carbocycles. The van der Waals surface area contributed by atoms with Gasteiger partial charge in [-0.2, -0.15) is 0 Å². The van der Waals surface area contributed by atoms with Crippen LogP contribution in [-0.4, -0.2) is 52.0 Å². The minimum Gasteiger partial charge on any atom is -0.497 e. The lowest BCUT2D eigenvalue weighted by Crippen LogP contribution is -2.41. The Hall–Kier alpha value is -2.57. The minimum atomic E-state index is -0.0192. The van der Waals surface area contributed by atoms with Crippen molar-refractivity contribution in [3.8, 4) is 11.5 Å². The van der Waals surface area contributed by atoms with Crippen molar-refractivity contribution in [1.82, 2.24) is 10.6 Å². The van der Waals surface area contributed by atoms with Crippen LogP contribution in [0.3, 0.4) is 0 Å². The van der Waals surface area contributed by atoms with Crippen LogP contribution in [0.1, 0.15) is 30.4 Å². The Morgan fingerprint density at radius 2 is 1.93 bits per heavy atom. The Balaban J connectivity index is 1.49. The molecule has 2 aromatic carbocycles. The standard InChI is InChI=1S/C24H32N2O4/c1-18(27)26-14-11-20-5-3-4-6-23(20)29-15-16-30-24-17-25-13-12-22(24)19-7-9-21(28-2)10-8-19/h3-10,22,24-25H,11-17H2,1-2H3,(H,26,27). The van der Waals surface area contributed by atoms with Crippen LogP contribution in [0.4, 0.5) is 0 Å². The van der Waals surface area contributed by atoms with Crippen LogP contribution in [0.25, 0.3) is 0 Å². The first kappa shape index (κ1) is 22.1. The van der Waals surface area contributed by atoms with Gasteiger partial charge in [-0.25, -0.2) is 0 Å². The summed E-state index contributed by atoms with van der Waals surface area (Å²) in [4.78, 5) is 11.1. The lowest BCUT2D eigenvalue weighted by molar-refractivity contribution is -0.118. The van der Waals surface area contributed by atoms with Gasteiger partial charge in [0.25, 0.3) is 0 Å². The van der Waals surface area contributed by atoms with E-state index in [4.69, 9.17) is 14.2 Å². The predicted molar refractivity (Wildman–Crippen MR) is 117 cm³/mol. The van der Waals surface area contributed by atoms with Crippen molar-refractivity contribution in [2.45, 2.75) is 31.8 Å². The van der Waals surface area contributed by atoms with E-state index >= 15 is 0 Å². The minimum absolute atomic E-state index is 0.0192. The average Bonchev–Trinajstić information content (AvgIpc) is 2.78. The monoisotopic (exact) mass is 412 g/mol. The zero-order chi connectivity index (χ0) is 21.2. The first-order chi connectivity index (χ1) is 14.7. The van der Waals surface area contributed by atoms with Crippen molar-refractivity contribution >= 4 is 5.91 Å². The first-order valence-corrected chi connectivity index (χ1v) is 10.6. The quantitative estimate of drug-likeness (QED) is 0.588. The zero-order valence-electron chi connectivity index (χ0n) is 17.9. The van der Waals surface area contributed by atoms with Crippen LogP contribution in [-0.2, 0) is 16.0 Å². The molecule has 1 aliphatic heterocycles. The maximum absolute atomic E-state index is 11.1. The third-order valence-electron chi connectivity index (χ3n) is 5.38. The van der Waals surface area contributed by atoms with Gasteiger partial charge in [-0.15, -0.1) is 0 Å². The number of nitrogens with one attached hydrogen (secondary N) is 2. The highest BCUT2D eigenvalue weighted by Crippen LogP contribution is 2.29. The Kier molecular flexibility index (Phi) is 8.53. The second-order valence-corrected chi connectivity index (χ2v) is 7.47. The van der Waals surface area contributed by atoms with E-state index < -0.39 is 0 Å². The molecule has 1 heterocycles. The lowest BCUT2D eigenvalue weighted by atomic mass is 9.88. The van der Waals surface area contributed by atoms with Crippen molar-refractivity contribution in [3.63, 3.8) is 0 Å². The number of para-hydroxylation sites is 1. The van der Waals surface area contributed by atoms with Gasteiger partial charge in [0.15, 0.2) is 0 Å². The van der Waals surface area contributed by atoms with Gasteiger partial charge in [0.2, 0.25) is 5.91 Å². The summed E-state index contributed by atoms with van der Waals surface area (Å²) >= 11 is 0. The van der Waals surface area contributed by atoms with Crippen LogP contribution >= 0.6 is 0 Å². The Labute approximate surface area is 178 Å². The van der Waals surface area contributed by atoms with Crippen molar-refractivity contribution in [3.05, 3.63) is 59.7 Å². The number of carbonyl (C=O) groups excluding carboxylic acids is 1. The Morgan fingerprint density at radius 1 is 1.13 bits per heavy atom. The average molecular weight is 413 g/mol. The molecule has 0 bridgehead atoms. The molecule has 1 fully saturated rings. The molecule has 6 heteroatoms. The molecule has 2 aromatic rings. The van der Waals surface area contributed by atoms with Gasteiger partial charge in [0, 0.05) is 25.9 Å². The predicted octanol–water partition coefficient (Wildman–Crippen LogP) is 2.91. The number of hydrogen-bond acceptors (Lipinski definition) is 5. The zero-order valence-corrected chi connectivity index (χ0v) is 17.9. The number of methoxy groups -OCH3 is 1. The second kappa shape index (κ2) is 11.6. The van der Waals surface area contributed by atoms with Crippen molar-refractivity contribution < 1.29 is 19.0 Å². The number of benzene rings is 2. The van der Waals surface area contributed by atoms with Crippen LogP contribution in [0.5, 0.6) is 11.5 Å². The molecule has 1 saturated heterocycles. The Bertz CT molecular complexity index is 794. The van der Waals surface area contributed by atoms with E-state index in [9.17, 15) is 4.79 Å². The van der Waals surface area contributed by atoms with E-state index in [0.29, 0.717) is 25.7 Å². The van der Waals surface area contributed by atoms with Gasteiger partial charge in [-0.3, -0.25) is 4.79 Å². The molecule has 162 valence electrons. The lowest BCUT2D eigenvalue weighted by Gasteiger charge is -2.32. The highest BCUT2D eigenvalue weighted by Gasteiger charge is 2.27. The van der Waals surface area contributed by atoms with Gasteiger partial charge in [-0.1, -0.05) is 30.3 Å². The SMILES string of the molecule is COc1ccc(C2CCNCC2OCCOc2ccccc2CCNC(C)=O)cc1. The van der Waals surface area contributed by atoms with Crippen LogP contribution in [0.2, 0.25) is 0 Å². The highest BCUT2D eigenvalue weighted by atomic mass is 16.5. The van der Waals surface area contributed by atoms with Gasteiger partial charge in [0.05, 0.1) is 19.8 Å². The molecule has 1 amide bonds. The number of carbonyl (C=O) groups is 1. The van der Waals surface area contributed by atoms with E-state index in [0.717, 1.165) is 43.0 Å². The molecule has 30 heavy (non-hydrogen) atoms. The highest BCUT2D eigenvalue weighted by molar-refractivity contribution is 5.72. The van der Waals surface area contributed by atoms with Gasteiger partial charge >= 0.3 is 0 Å². The summed E-state index contributed by atoms with van der Waals surface area (Å²) < 4.78 is 17.5. The van der Waals surface area contributed by atoms with E-state index in [1.54, 1.807) is 7.11 Å². The number of ether oxygens (including phenoxy) is 3. The fourth-order valence-electron chi connectivity index (χ4n) is 3.81. The molecule has 2 N–H and O–H groups in total. The van der Waals surface area contributed by atoms with E-state index in [-0.39, 0.29) is 12.0 Å². The maximum atomic E-state index is 11.1. The number of amides is 1. The smallest absolute Gasteiger partial charge is 0.216 e. The number of piperidine rings is 1. The fraction of sp³-hybridized carbons (Fsp3) is 0.458. The largest absolute Gasteiger partial charge is 0.497 e. The van der Waals surface area contributed by atoms with Crippen LogP contribution in [0, 0.1) is 0 Å². The molecule has 6 nitrogen and oxygen atoms in total. The van der Waals surface area contributed by atoms with Gasteiger partial charge in [0.1, 0.15) is 18.1 Å². The molecule has 0 saturated carbocycles. The van der Waals surface area contributed by atoms with Crippen molar-refractivity contribution in [1.29, 1.82) is 0 Å². The molecule has 0 radical (unpaired) electrons. The summed E-state index contributed by atoms with van der Waals surface area (Å²) in [6, 6.07) is 16.2. The summed E-state index contributed by atoms with van der Waals surface area (Å²) in [6.07, 6.45) is 1.90.